The molecule has 0 heterocycles. The van der Waals surface area contributed by atoms with Crippen LogP contribution in [-0.4, -0.2) is 46.1 Å². The summed E-state index contributed by atoms with van der Waals surface area (Å²) in [4.78, 5) is 2.65. The predicted molar refractivity (Wildman–Crippen MR) is 128 cm³/mol. The molecule has 1 rings (SSSR count). The Bertz CT molecular complexity index is 483. The van der Waals surface area contributed by atoms with Gasteiger partial charge in [-0.15, -0.1) is 0 Å². The normalized spacial score (nSPS) is 13.0. The van der Waals surface area contributed by atoms with Crippen molar-refractivity contribution in [2.24, 2.45) is 0 Å². The summed E-state index contributed by atoms with van der Waals surface area (Å²) in [7, 11) is 0. The van der Waals surface area contributed by atoms with E-state index in [4.69, 9.17) is 0 Å². The Morgan fingerprint density at radius 3 is 1.93 bits per heavy atom. The zero-order chi connectivity index (χ0) is 20.7. The van der Waals surface area contributed by atoms with E-state index in [0.717, 1.165) is 13.0 Å². The molecule has 0 aromatic heterocycles. The predicted octanol–water partition coefficient (Wildman–Crippen LogP) is 6.99. The summed E-state index contributed by atoms with van der Waals surface area (Å²) in [5, 5.41) is 10.3. The minimum atomic E-state index is -2.31. The van der Waals surface area contributed by atoms with Gasteiger partial charge < -0.3 is 0 Å². The van der Waals surface area contributed by atoms with Crippen LogP contribution < -0.4 is 0 Å². The first kappa shape index (κ1) is 25.7. The van der Waals surface area contributed by atoms with Crippen LogP contribution in [0.1, 0.15) is 77.3 Å². The van der Waals surface area contributed by atoms with Gasteiger partial charge in [-0.05, 0) is 0 Å². The van der Waals surface area contributed by atoms with Crippen LogP contribution in [0, 0.1) is 0 Å². The third-order valence-electron chi connectivity index (χ3n) is 6.14. The summed E-state index contributed by atoms with van der Waals surface area (Å²) < 4.78 is 5.84. The second-order valence-electron chi connectivity index (χ2n) is 8.47. The Hall–Kier alpha value is -0.321. The SMILES string of the molecule is C=CCCN([CH2][Sn]([CH2]CCC)([CH2]CCC)[CH2]CCC)C(CO)c1ccccc1. The van der Waals surface area contributed by atoms with Gasteiger partial charge in [0, 0.05) is 0 Å². The summed E-state index contributed by atoms with van der Waals surface area (Å²) in [6.45, 7) is 12.2. The van der Waals surface area contributed by atoms with Crippen LogP contribution >= 0.6 is 0 Å². The van der Waals surface area contributed by atoms with Gasteiger partial charge in [0.25, 0.3) is 0 Å². The third-order valence-corrected chi connectivity index (χ3v) is 21.3. The van der Waals surface area contributed by atoms with Gasteiger partial charge in [0.1, 0.15) is 0 Å². The number of rotatable bonds is 17. The molecule has 0 aliphatic carbocycles. The Labute approximate surface area is 179 Å². The molecule has 1 unspecified atom stereocenters. The van der Waals surface area contributed by atoms with Crippen LogP contribution in [-0.2, 0) is 0 Å². The van der Waals surface area contributed by atoms with E-state index in [9.17, 15) is 5.11 Å². The van der Waals surface area contributed by atoms with E-state index in [1.807, 2.05) is 6.08 Å². The van der Waals surface area contributed by atoms with E-state index < -0.39 is 18.4 Å². The zero-order valence-electron chi connectivity index (χ0n) is 18.8. The molecule has 0 aliphatic heterocycles. The van der Waals surface area contributed by atoms with Gasteiger partial charge in [0.15, 0.2) is 0 Å². The molecule has 3 heteroatoms. The maximum absolute atomic E-state index is 10.3. The van der Waals surface area contributed by atoms with Crippen molar-refractivity contribution in [2.45, 2.75) is 85.1 Å². The Kier molecular flexibility index (Phi) is 14.2. The molecule has 0 saturated carbocycles. The van der Waals surface area contributed by atoms with Gasteiger partial charge >= 0.3 is 180 Å². The molecule has 1 aromatic carbocycles. The zero-order valence-corrected chi connectivity index (χ0v) is 21.7. The molecular formula is C25H45NOSn. The molecule has 1 N–H and O–H groups in total. The van der Waals surface area contributed by atoms with Crippen molar-refractivity contribution in [1.29, 1.82) is 0 Å². The van der Waals surface area contributed by atoms with E-state index in [1.165, 1.54) is 62.0 Å². The Balaban J connectivity index is 3.15. The van der Waals surface area contributed by atoms with Crippen LogP contribution in [0.4, 0.5) is 0 Å². The summed E-state index contributed by atoms with van der Waals surface area (Å²) >= 11 is -2.31. The summed E-state index contributed by atoms with van der Waals surface area (Å²) in [5.41, 5.74) is 1.26. The van der Waals surface area contributed by atoms with E-state index in [0.29, 0.717) is 0 Å². The topological polar surface area (TPSA) is 23.5 Å². The molecule has 0 saturated heterocycles. The van der Waals surface area contributed by atoms with Crippen molar-refractivity contribution in [1.82, 2.24) is 4.90 Å². The van der Waals surface area contributed by atoms with Crippen molar-refractivity contribution < 1.29 is 5.11 Å². The molecular weight excluding hydrogens is 449 g/mol. The summed E-state index contributed by atoms with van der Waals surface area (Å²) in [6, 6.07) is 10.8. The Morgan fingerprint density at radius 2 is 1.50 bits per heavy atom. The van der Waals surface area contributed by atoms with Crippen molar-refractivity contribution in [3.05, 3.63) is 48.6 Å². The fourth-order valence-corrected chi connectivity index (χ4v) is 20.9. The average Bonchev–Trinajstić information content (AvgIpc) is 2.74. The quantitative estimate of drug-likeness (QED) is 0.187. The van der Waals surface area contributed by atoms with Crippen molar-refractivity contribution in [3.63, 3.8) is 0 Å². The minimum absolute atomic E-state index is 0.127. The van der Waals surface area contributed by atoms with Gasteiger partial charge in [-0.25, -0.2) is 0 Å². The molecule has 160 valence electrons. The second-order valence-corrected chi connectivity index (χ2v) is 22.2. The van der Waals surface area contributed by atoms with E-state index in [1.54, 1.807) is 0 Å². The molecule has 0 spiro atoms. The van der Waals surface area contributed by atoms with Crippen molar-refractivity contribution in [3.8, 4) is 0 Å². The Morgan fingerprint density at radius 1 is 0.964 bits per heavy atom. The van der Waals surface area contributed by atoms with Crippen molar-refractivity contribution >= 4 is 18.4 Å². The summed E-state index contributed by atoms with van der Waals surface area (Å²) in [5.74, 6) is 0. The van der Waals surface area contributed by atoms with E-state index in [2.05, 4.69) is 62.6 Å². The maximum atomic E-state index is 10.3. The number of unbranched alkanes of at least 4 members (excludes halogenated alkanes) is 3. The number of hydrogen-bond donors (Lipinski definition) is 1. The number of benzene rings is 1. The molecule has 0 fully saturated rings. The van der Waals surface area contributed by atoms with Crippen LogP contribution in [0.3, 0.4) is 0 Å². The number of aliphatic hydroxyl groups is 1. The van der Waals surface area contributed by atoms with Gasteiger partial charge in [-0.2, -0.15) is 0 Å². The van der Waals surface area contributed by atoms with Gasteiger partial charge in [-0.1, -0.05) is 0 Å². The number of hydrogen-bond acceptors (Lipinski definition) is 2. The molecule has 0 bridgehead atoms. The summed E-state index contributed by atoms with van der Waals surface area (Å²) in [6.07, 6.45) is 11.2. The first-order valence-electron chi connectivity index (χ1n) is 11.7. The second kappa shape index (κ2) is 15.5. The molecule has 2 nitrogen and oxygen atoms in total. The molecule has 0 amide bonds. The van der Waals surface area contributed by atoms with E-state index in [-0.39, 0.29) is 12.6 Å². The molecule has 28 heavy (non-hydrogen) atoms. The van der Waals surface area contributed by atoms with Crippen LogP contribution in [0.5, 0.6) is 0 Å². The third kappa shape index (κ3) is 9.00. The number of aliphatic hydroxyl groups excluding tert-OH is 1. The van der Waals surface area contributed by atoms with Crippen LogP contribution in [0.2, 0.25) is 13.3 Å². The fourth-order valence-electron chi connectivity index (χ4n) is 4.41. The van der Waals surface area contributed by atoms with Gasteiger partial charge in [-0.3, -0.25) is 0 Å². The van der Waals surface area contributed by atoms with Crippen molar-refractivity contribution in [2.75, 3.05) is 17.7 Å². The molecule has 0 aliphatic rings. The first-order valence-corrected chi connectivity index (χ1v) is 19.7. The standard InChI is InChI=1S/C13H18NO.3C4H9.Sn/c1-3-4-10-14(2)13(11-15)12-8-6-5-7-9-12;3*1-3-4-2;/h3,5-9,13,15H,1-2,4,10-11H2;3*1,3-4H2,2H3;. The van der Waals surface area contributed by atoms with Crippen LogP contribution in [0.15, 0.2) is 43.0 Å². The average molecular weight is 494 g/mol. The first-order chi connectivity index (χ1) is 13.7. The molecule has 0 radical (unpaired) electrons. The molecule has 1 atom stereocenters. The van der Waals surface area contributed by atoms with E-state index >= 15 is 0 Å². The van der Waals surface area contributed by atoms with Gasteiger partial charge in [0.2, 0.25) is 0 Å². The van der Waals surface area contributed by atoms with Gasteiger partial charge in [0.05, 0.1) is 0 Å². The van der Waals surface area contributed by atoms with Crippen LogP contribution in [0.25, 0.3) is 0 Å². The monoisotopic (exact) mass is 495 g/mol. The fraction of sp³-hybridized carbons (Fsp3) is 0.680. The number of nitrogens with zero attached hydrogens (tertiary/aromatic N) is 1. The molecule has 1 aromatic rings.